The Balaban J connectivity index is 0.000000861. The number of carbonyl (C=O) groups excluding carboxylic acids is 1. The van der Waals surface area contributed by atoms with Gasteiger partial charge >= 0.3 is 5.97 Å². The van der Waals surface area contributed by atoms with E-state index in [1.165, 1.54) is 19.3 Å². The number of hydrogen-bond acceptors (Lipinski definition) is 2. The molecule has 2 rings (SSSR count). The minimum Gasteiger partial charge on any atom is -0.459 e. The predicted molar refractivity (Wildman–Crippen MR) is 79.6 cm³/mol. The van der Waals surface area contributed by atoms with Gasteiger partial charge in [-0.15, -0.1) is 0 Å². The van der Waals surface area contributed by atoms with Crippen molar-refractivity contribution in [3.8, 4) is 0 Å². The molecule has 0 saturated heterocycles. The summed E-state index contributed by atoms with van der Waals surface area (Å²) in [6, 6.07) is 5.87. The second kappa shape index (κ2) is 7.98. The van der Waals surface area contributed by atoms with Gasteiger partial charge in [0.1, 0.15) is 6.10 Å². The van der Waals surface area contributed by atoms with Gasteiger partial charge in [0.2, 0.25) is 0 Å². The summed E-state index contributed by atoms with van der Waals surface area (Å²) in [5, 5.41) is 0. The highest BCUT2D eigenvalue weighted by atomic mass is 16.5. The fourth-order valence-corrected chi connectivity index (χ4v) is 2.49. The van der Waals surface area contributed by atoms with E-state index in [9.17, 15) is 4.79 Å². The van der Waals surface area contributed by atoms with E-state index in [1.807, 2.05) is 39.8 Å². The quantitative estimate of drug-likeness (QED) is 0.714. The normalized spacial score (nSPS) is 15.4. The zero-order chi connectivity index (χ0) is 14.3. The summed E-state index contributed by atoms with van der Waals surface area (Å²) in [5.74, 6) is -0.163. The summed E-state index contributed by atoms with van der Waals surface area (Å²) in [5.41, 5.74) is 2.91. The van der Waals surface area contributed by atoms with Crippen LogP contribution in [0.5, 0.6) is 0 Å². The summed E-state index contributed by atoms with van der Waals surface area (Å²) in [7, 11) is 0. The lowest BCUT2D eigenvalue weighted by Crippen LogP contribution is -2.21. The minimum absolute atomic E-state index is 0.136. The zero-order valence-corrected chi connectivity index (χ0v) is 12.7. The van der Waals surface area contributed by atoms with Gasteiger partial charge in [-0.2, -0.15) is 0 Å². The molecular weight excluding hydrogens is 236 g/mol. The molecule has 1 aromatic rings. The maximum Gasteiger partial charge on any atom is 0.338 e. The first kappa shape index (κ1) is 15.7. The van der Waals surface area contributed by atoms with Crippen LogP contribution >= 0.6 is 0 Å². The molecule has 1 aromatic carbocycles. The Bertz CT molecular complexity index is 383. The fourth-order valence-electron chi connectivity index (χ4n) is 2.49. The lowest BCUT2D eigenvalue weighted by molar-refractivity contribution is 0.0211. The van der Waals surface area contributed by atoms with Crippen LogP contribution in [0.2, 0.25) is 0 Å². The molecule has 0 aliphatic heterocycles. The van der Waals surface area contributed by atoms with Crippen LogP contribution in [0.1, 0.15) is 67.4 Å². The molecule has 1 aliphatic carbocycles. The van der Waals surface area contributed by atoms with E-state index in [-0.39, 0.29) is 12.1 Å². The summed E-state index contributed by atoms with van der Waals surface area (Å²) in [6.45, 7) is 8.01. The minimum atomic E-state index is -0.163. The molecule has 2 heteroatoms. The number of aryl methyl sites for hydroxylation is 2. The van der Waals surface area contributed by atoms with Crippen LogP contribution in [0, 0.1) is 13.8 Å². The van der Waals surface area contributed by atoms with Gasteiger partial charge in [-0.1, -0.05) is 37.5 Å². The van der Waals surface area contributed by atoms with Crippen LogP contribution in [0.4, 0.5) is 0 Å². The molecule has 0 spiro atoms. The van der Waals surface area contributed by atoms with Crippen molar-refractivity contribution in [2.75, 3.05) is 0 Å². The molecule has 0 unspecified atom stereocenters. The number of carbonyl (C=O) groups is 1. The molecule has 1 fully saturated rings. The number of ether oxygens (including phenoxy) is 1. The van der Waals surface area contributed by atoms with Crippen molar-refractivity contribution in [1.82, 2.24) is 0 Å². The van der Waals surface area contributed by atoms with Gasteiger partial charge in [-0.25, -0.2) is 4.79 Å². The van der Waals surface area contributed by atoms with Crippen molar-refractivity contribution in [3.05, 3.63) is 34.9 Å². The summed E-state index contributed by atoms with van der Waals surface area (Å²) >= 11 is 0. The van der Waals surface area contributed by atoms with E-state index in [2.05, 4.69) is 6.07 Å². The molecule has 106 valence electrons. The van der Waals surface area contributed by atoms with E-state index >= 15 is 0 Å². The highest BCUT2D eigenvalue weighted by molar-refractivity contribution is 5.90. The van der Waals surface area contributed by atoms with Crippen LogP contribution in [0.25, 0.3) is 0 Å². The van der Waals surface area contributed by atoms with Crippen LogP contribution in [-0.2, 0) is 4.74 Å². The van der Waals surface area contributed by atoms with Crippen molar-refractivity contribution in [1.29, 1.82) is 0 Å². The Morgan fingerprint density at radius 2 is 1.53 bits per heavy atom. The highest BCUT2D eigenvalue weighted by Gasteiger charge is 2.18. The molecule has 0 atom stereocenters. The number of benzene rings is 1. The Kier molecular flexibility index (Phi) is 6.61. The van der Waals surface area contributed by atoms with Crippen LogP contribution in [0.15, 0.2) is 18.2 Å². The summed E-state index contributed by atoms with van der Waals surface area (Å²) in [4.78, 5) is 12.0. The maximum absolute atomic E-state index is 12.0. The molecule has 1 aliphatic rings. The first-order valence-corrected chi connectivity index (χ1v) is 7.44. The van der Waals surface area contributed by atoms with E-state index in [1.54, 1.807) is 0 Å². The summed E-state index contributed by atoms with van der Waals surface area (Å²) < 4.78 is 5.55. The third kappa shape index (κ3) is 5.06. The van der Waals surface area contributed by atoms with Crippen molar-refractivity contribution in [2.24, 2.45) is 0 Å². The van der Waals surface area contributed by atoms with E-state index < -0.39 is 0 Å². The Morgan fingerprint density at radius 1 is 1.00 bits per heavy atom. The van der Waals surface area contributed by atoms with Gasteiger partial charge in [-0.3, -0.25) is 0 Å². The second-order valence-corrected chi connectivity index (χ2v) is 5.04. The van der Waals surface area contributed by atoms with Gasteiger partial charge in [-0.05, 0) is 51.7 Å². The maximum atomic E-state index is 12.0. The molecule has 2 nitrogen and oxygen atoms in total. The molecule has 0 radical (unpaired) electrons. The van der Waals surface area contributed by atoms with E-state index in [0.717, 1.165) is 24.0 Å². The van der Waals surface area contributed by atoms with E-state index in [0.29, 0.717) is 5.56 Å². The molecular formula is C17H26O2. The molecule has 0 N–H and O–H groups in total. The lowest BCUT2D eigenvalue weighted by atomic mass is 9.98. The first-order chi connectivity index (χ1) is 9.15. The molecule has 0 heterocycles. The smallest absolute Gasteiger partial charge is 0.338 e. The number of esters is 1. The largest absolute Gasteiger partial charge is 0.459 e. The number of hydrogen-bond donors (Lipinski definition) is 0. The Hall–Kier alpha value is -1.31. The van der Waals surface area contributed by atoms with Crippen LogP contribution in [-0.4, -0.2) is 12.1 Å². The van der Waals surface area contributed by atoms with Crippen LogP contribution in [0.3, 0.4) is 0 Å². The van der Waals surface area contributed by atoms with Gasteiger partial charge < -0.3 is 4.74 Å². The first-order valence-electron chi connectivity index (χ1n) is 7.44. The second-order valence-electron chi connectivity index (χ2n) is 5.04. The van der Waals surface area contributed by atoms with Crippen molar-refractivity contribution < 1.29 is 9.53 Å². The molecule has 0 amide bonds. The highest BCUT2D eigenvalue weighted by Crippen LogP contribution is 2.21. The van der Waals surface area contributed by atoms with Crippen molar-refractivity contribution in [3.63, 3.8) is 0 Å². The lowest BCUT2D eigenvalue weighted by Gasteiger charge is -2.21. The van der Waals surface area contributed by atoms with Crippen molar-refractivity contribution >= 4 is 5.97 Å². The van der Waals surface area contributed by atoms with Gasteiger partial charge in [0.05, 0.1) is 5.56 Å². The predicted octanol–water partition coefficient (Wildman–Crippen LogP) is 4.82. The third-order valence-electron chi connectivity index (χ3n) is 3.28. The van der Waals surface area contributed by atoms with E-state index in [4.69, 9.17) is 4.74 Å². The Morgan fingerprint density at radius 3 is 2.05 bits per heavy atom. The third-order valence-corrected chi connectivity index (χ3v) is 3.28. The topological polar surface area (TPSA) is 26.3 Å². The molecule has 0 bridgehead atoms. The van der Waals surface area contributed by atoms with Crippen molar-refractivity contribution in [2.45, 2.75) is 65.9 Å². The van der Waals surface area contributed by atoms with Gasteiger partial charge in [0, 0.05) is 0 Å². The Labute approximate surface area is 117 Å². The monoisotopic (exact) mass is 262 g/mol. The van der Waals surface area contributed by atoms with Crippen LogP contribution < -0.4 is 0 Å². The molecule has 0 aromatic heterocycles. The average molecular weight is 262 g/mol. The molecule has 19 heavy (non-hydrogen) atoms. The molecule has 1 saturated carbocycles. The summed E-state index contributed by atoms with van der Waals surface area (Å²) in [6.07, 6.45) is 5.83. The van der Waals surface area contributed by atoms with Gasteiger partial charge in [0.15, 0.2) is 0 Å². The number of rotatable bonds is 2. The zero-order valence-electron chi connectivity index (χ0n) is 12.7. The van der Waals surface area contributed by atoms with Gasteiger partial charge in [0.25, 0.3) is 0 Å². The standard InChI is InChI=1S/C15H20O2.C2H6/c1-11-8-12(2)10-13(9-11)15(16)17-14-6-4-3-5-7-14;1-2/h8-10,14H,3-7H2,1-2H3;1-2H3. The fraction of sp³-hybridized carbons (Fsp3) is 0.588. The SMILES string of the molecule is CC.Cc1cc(C)cc(C(=O)OC2CCCCC2)c1. The average Bonchev–Trinajstić information content (AvgIpc) is 2.41.